The molecular weight excluding hydrogens is 817 g/mol. The Balaban J connectivity index is 0.000000168. The third kappa shape index (κ3) is 9.61. The molecule has 1 radical (unpaired) electrons. The van der Waals surface area contributed by atoms with E-state index in [0.717, 1.165) is 22.5 Å². The molecule has 0 saturated carbocycles. The Morgan fingerprint density at radius 1 is 0.442 bits per heavy atom. The number of allylic oxidation sites excluding steroid dienone is 2. The molecule has 52 heavy (non-hydrogen) atoms. The maximum Gasteiger partial charge on any atom is 0.155 e. The van der Waals surface area contributed by atoms with Gasteiger partial charge in [0.05, 0.1) is 17.1 Å². The normalized spacial score (nSPS) is 10.6. The summed E-state index contributed by atoms with van der Waals surface area (Å²) in [4.78, 5) is 19.2. The van der Waals surface area contributed by atoms with Gasteiger partial charge in [0, 0.05) is 60.5 Å². The van der Waals surface area contributed by atoms with Gasteiger partial charge in [-0.15, -0.1) is 0 Å². The first-order valence-electron chi connectivity index (χ1n) is 16.8. The molecule has 0 aliphatic heterocycles. The van der Waals surface area contributed by atoms with Crippen LogP contribution in [0.1, 0.15) is 13.8 Å². The first kappa shape index (κ1) is 37.3. The van der Waals surface area contributed by atoms with Crippen molar-refractivity contribution in [3.8, 4) is 44.8 Å². The van der Waals surface area contributed by atoms with Gasteiger partial charge in [-0.05, 0) is 59.0 Å². The number of hydrogen-bond acceptors (Lipinski definition) is 4. The summed E-state index contributed by atoms with van der Waals surface area (Å²) in [6, 6.07) is 59.0. The zero-order valence-electron chi connectivity index (χ0n) is 29.0. The molecule has 6 aromatic carbocycles. The number of aliphatic hydroxyl groups is 1. The number of aliphatic hydroxyl groups excluding tert-OH is 1. The Bertz CT molecular complexity index is 2220. The first-order chi connectivity index (χ1) is 25.0. The van der Waals surface area contributed by atoms with Crippen LogP contribution < -0.4 is 0 Å². The van der Waals surface area contributed by atoms with E-state index in [2.05, 4.69) is 168 Å². The molecule has 8 aromatic rings. The topological polar surface area (TPSA) is 63.1 Å². The van der Waals surface area contributed by atoms with Crippen LogP contribution in [0.4, 0.5) is 0 Å². The van der Waals surface area contributed by atoms with Crippen molar-refractivity contribution in [2.45, 2.75) is 13.8 Å². The zero-order chi connectivity index (χ0) is 35.4. The minimum atomic E-state index is -0.125. The predicted octanol–water partition coefficient (Wildman–Crippen LogP) is 12.2. The second-order valence-corrected chi connectivity index (χ2v) is 12.0. The van der Waals surface area contributed by atoms with Gasteiger partial charge in [-0.3, -0.25) is 14.8 Å². The number of pyridine rings is 2. The van der Waals surface area contributed by atoms with Gasteiger partial charge in [0.2, 0.25) is 0 Å². The molecule has 0 saturated heterocycles. The molecule has 5 heteroatoms. The molecule has 0 unspecified atom stereocenters. The molecule has 0 aliphatic carbocycles. The molecule has 0 fully saturated rings. The van der Waals surface area contributed by atoms with Gasteiger partial charge in [-0.1, -0.05) is 158 Å². The number of carbonyl (C=O) groups is 1. The fourth-order valence-electron chi connectivity index (χ4n) is 5.90. The number of fused-ring (bicyclic) bond motifs is 2. The summed E-state index contributed by atoms with van der Waals surface area (Å²) >= 11 is 0. The minimum absolute atomic E-state index is 0. The second kappa shape index (κ2) is 18.3. The molecule has 0 bridgehead atoms. The molecule has 0 amide bonds. The smallest absolute Gasteiger partial charge is 0.155 e. The molecule has 8 rings (SSSR count). The predicted molar refractivity (Wildman–Crippen MR) is 212 cm³/mol. The summed E-state index contributed by atoms with van der Waals surface area (Å²) in [7, 11) is 0. The molecule has 2 heterocycles. The first-order valence-corrected chi connectivity index (χ1v) is 16.8. The van der Waals surface area contributed by atoms with E-state index in [1.165, 1.54) is 63.7 Å². The fraction of sp³-hybridized carbons (Fsp3) is 0.0426. The van der Waals surface area contributed by atoms with Gasteiger partial charge < -0.3 is 5.11 Å². The van der Waals surface area contributed by atoms with Gasteiger partial charge in [0.1, 0.15) is 0 Å². The van der Waals surface area contributed by atoms with Gasteiger partial charge in [-0.2, -0.15) is 0 Å². The fourth-order valence-corrected chi connectivity index (χ4v) is 5.90. The van der Waals surface area contributed by atoms with E-state index in [4.69, 9.17) is 5.11 Å². The monoisotopic (exact) mass is 855 g/mol. The quantitative estimate of drug-likeness (QED) is 0.138. The summed E-state index contributed by atoms with van der Waals surface area (Å²) in [5.41, 5.74) is 9.30. The molecule has 1 N–H and O–H groups in total. The zero-order valence-corrected chi connectivity index (χ0v) is 31.4. The number of benzene rings is 6. The Labute approximate surface area is 318 Å². The van der Waals surface area contributed by atoms with Crippen molar-refractivity contribution in [3.05, 3.63) is 194 Å². The van der Waals surface area contributed by atoms with Crippen molar-refractivity contribution in [3.63, 3.8) is 0 Å². The number of hydrogen-bond donors (Lipinski definition) is 1. The van der Waals surface area contributed by atoms with E-state index in [0.29, 0.717) is 0 Å². The van der Waals surface area contributed by atoms with Crippen LogP contribution in [0.2, 0.25) is 0 Å². The van der Waals surface area contributed by atoms with Gasteiger partial charge >= 0.3 is 0 Å². The van der Waals surface area contributed by atoms with Crippen molar-refractivity contribution >= 4 is 27.3 Å². The van der Waals surface area contributed by atoms with Crippen molar-refractivity contribution < 1.29 is 30.0 Å². The van der Waals surface area contributed by atoms with Crippen molar-refractivity contribution in [1.82, 2.24) is 9.97 Å². The van der Waals surface area contributed by atoms with E-state index < -0.39 is 0 Å². The van der Waals surface area contributed by atoms with Crippen LogP contribution in [0.25, 0.3) is 66.3 Å². The van der Waals surface area contributed by atoms with Crippen molar-refractivity contribution in [2.75, 3.05) is 0 Å². The Hall–Kier alpha value is -6.00. The average molecular weight is 855 g/mol. The molecule has 2 aromatic heterocycles. The van der Waals surface area contributed by atoms with Gasteiger partial charge in [0.25, 0.3) is 0 Å². The maximum absolute atomic E-state index is 10.0. The molecular formula is C47H38IrN2O2. The van der Waals surface area contributed by atoms with Gasteiger partial charge in [-0.25, -0.2) is 0 Å². The second-order valence-electron chi connectivity index (χ2n) is 12.0. The van der Waals surface area contributed by atoms with Crippen LogP contribution in [0.15, 0.2) is 194 Å². The van der Waals surface area contributed by atoms with Crippen LogP contribution in [0, 0.1) is 0 Å². The summed E-state index contributed by atoms with van der Waals surface area (Å²) < 4.78 is 0. The van der Waals surface area contributed by atoms with Crippen LogP contribution in [-0.2, 0) is 24.9 Å². The third-order valence-electron chi connectivity index (χ3n) is 8.29. The van der Waals surface area contributed by atoms with Crippen molar-refractivity contribution in [1.29, 1.82) is 0 Å². The summed E-state index contributed by atoms with van der Waals surface area (Å²) in [5, 5.41) is 13.2. The maximum atomic E-state index is 10.0. The number of ketones is 1. The van der Waals surface area contributed by atoms with E-state index in [1.807, 2.05) is 24.5 Å². The SMILES string of the molecule is CC(=O)/C=C(/C)O.[Ir].c1ccc(-c2ccc(-c3nccc4ccccc34)cc2)cc1.c1ccc(-c2ccc(-c3nccc4ccccc34)cc2)cc1. The summed E-state index contributed by atoms with van der Waals surface area (Å²) in [6.07, 6.45) is 4.92. The molecule has 4 nitrogen and oxygen atoms in total. The number of nitrogens with zero attached hydrogens (tertiary/aromatic N) is 2. The van der Waals surface area contributed by atoms with Gasteiger partial charge in [0.15, 0.2) is 5.78 Å². The molecule has 0 aliphatic rings. The minimum Gasteiger partial charge on any atom is -0.512 e. The Morgan fingerprint density at radius 2 is 0.769 bits per heavy atom. The van der Waals surface area contributed by atoms with E-state index in [9.17, 15) is 4.79 Å². The Kier molecular flexibility index (Phi) is 13.1. The standard InChI is InChI=1S/2C21H15N.C5H8O2.Ir/c2*1-2-6-16(7-3-1)17-10-12-19(13-11-17)21-20-9-5-4-8-18(20)14-15-22-21;1-4(6)3-5(2)7;/h2*1-15H;3,6H,1-2H3;/b;;4-3-;. The average Bonchev–Trinajstić information content (AvgIpc) is 3.18. The number of aromatic nitrogens is 2. The van der Waals surface area contributed by atoms with Crippen LogP contribution in [-0.4, -0.2) is 20.9 Å². The largest absolute Gasteiger partial charge is 0.512 e. The van der Waals surface area contributed by atoms with Crippen LogP contribution in [0.5, 0.6) is 0 Å². The number of rotatable bonds is 5. The summed E-state index contributed by atoms with van der Waals surface area (Å²) in [6.45, 7) is 2.85. The number of carbonyl (C=O) groups excluding carboxylic acids is 1. The van der Waals surface area contributed by atoms with Crippen LogP contribution in [0.3, 0.4) is 0 Å². The molecule has 0 atom stereocenters. The molecule has 257 valence electrons. The molecule has 0 spiro atoms. The third-order valence-corrected chi connectivity index (χ3v) is 8.29. The van der Waals surface area contributed by atoms with Crippen molar-refractivity contribution in [2.24, 2.45) is 0 Å². The summed E-state index contributed by atoms with van der Waals surface area (Å²) in [5.74, 6) is -0.0625. The van der Waals surface area contributed by atoms with E-state index in [-0.39, 0.29) is 31.6 Å². The Morgan fingerprint density at radius 3 is 1.12 bits per heavy atom. The van der Waals surface area contributed by atoms with E-state index in [1.54, 1.807) is 0 Å². The van der Waals surface area contributed by atoms with E-state index >= 15 is 0 Å². The van der Waals surface area contributed by atoms with Crippen LogP contribution >= 0.6 is 0 Å².